The normalized spacial score (nSPS) is 12.1. The van der Waals surface area contributed by atoms with Crippen LogP contribution in [-0.2, 0) is 0 Å². The summed E-state index contributed by atoms with van der Waals surface area (Å²) in [4.78, 5) is 0. The highest BCUT2D eigenvalue weighted by molar-refractivity contribution is 6.14. The summed E-state index contributed by atoms with van der Waals surface area (Å²) in [5.74, 6) is 1.83. The number of benzene rings is 8. The molecule has 214 valence electrons. The van der Waals surface area contributed by atoms with Crippen LogP contribution in [0.15, 0.2) is 164 Å². The Hall–Kier alpha value is -6.12. The first-order chi connectivity index (χ1) is 22.8. The van der Waals surface area contributed by atoms with Gasteiger partial charge < -0.3 is 9.30 Å². The monoisotopic (exact) mass is 585 g/mol. The van der Waals surface area contributed by atoms with Gasteiger partial charge in [0.05, 0.1) is 11.0 Å². The first kappa shape index (κ1) is 25.2. The van der Waals surface area contributed by atoms with E-state index < -0.39 is 0 Å². The van der Waals surface area contributed by atoms with Gasteiger partial charge in [-0.2, -0.15) is 0 Å². The number of rotatable bonds is 3. The highest BCUT2D eigenvalue weighted by Crippen LogP contribution is 2.48. The average molecular weight is 586 g/mol. The first-order valence-electron chi connectivity index (χ1n) is 15.8. The molecule has 2 heteroatoms. The molecule has 1 aliphatic rings. The number of fused-ring (bicyclic) bond motifs is 6. The molecule has 0 saturated carbocycles. The number of hydrogen-bond donors (Lipinski definition) is 0. The van der Waals surface area contributed by atoms with E-state index in [-0.39, 0.29) is 0 Å². The summed E-state index contributed by atoms with van der Waals surface area (Å²) in [7, 11) is 0. The number of para-hydroxylation sites is 2. The third-order valence-corrected chi connectivity index (χ3v) is 9.58. The van der Waals surface area contributed by atoms with E-state index in [4.69, 9.17) is 4.74 Å². The molecular formula is C44H27NO. The van der Waals surface area contributed by atoms with Crippen LogP contribution in [0.4, 0.5) is 0 Å². The fraction of sp³-hybridized carbons (Fsp3) is 0. The number of ether oxygens (including phenoxy) is 1. The van der Waals surface area contributed by atoms with E-state index in [1.54, 1.807) is 0 Å². The maximum Gasteiger partial charge on any atom is 0.135 e. The van der Waals surface area contributed by atoms with Crippen LogP contribution in [0.2, 0.25) is 0 Å². The minimum Gasteiger partial charge on any atom is -0.456 e. The standard InChI is InChI=1S/C44H27NO/c1-2-11-33(12-3-1)45-40-27-32(21-22-35(40)39-25-30-9-4-5-10-31(30)26-41(39)45)28-17-19-29(20-18-28)34-23-24-43-44-37(34)14-8-15-38(44)36-13-6-7-16-42(36)46-43/h1-27H. The molecule has 1 aliphatic heterocycles. The molecule has 0 amide bonds. The van der Waals surface area contributed by atoms with Gasteiger partial charge in [-0.15, -0.1) is 0 Å². The lowest BCUT2D eigenvalue weighted by Crippen LogP contribution is -1.97. The van der Waals surface area contributed by atoms with Crippen LogP contribution in [0.1, 0.15) is 0 Å². The largest absolute Gasteiger partial charge is 0.456 e. The molecule has 0 N–H and O–H groups in total. The van der Waals surface area contributed by atoms with Crippen LogP contribution in [-0.4, -0.2) is 4.57 Å². The fourth-order valence-corrected chi connectivity index (χ4v) is 7.41. The highest BCUT2D eigenvalue weighted by Gasteiger charge is 2.21. The van der Waals surface area contributed by atoms with Crippen molar-refractivity contribution >= 4 is 43.4 Å². The van der Waals surface area contributed by atoms with Gasteiger partial charge in [0.15, 0.2) is 0 Å². The van der Waals surface area contributed by atoms with E-state index in [1.165, 1.54) is 76.9 Å². The van der Waals surface area contributed by atoms with Gasteiger partial charge in [-0.3, -0.25) is 0 Å². The second-order valence-corrected chi connectivity index (χ2v) is 12.1. The predicted molar refractivity (Wildman–Crippen MR) is 192 cm³/mol. The summed E-state index contributed by atoms with van der Waals surface area (Å²) >= 11 is 0. The lowest BCUT2D eigenvalue weighted by Gasteiger charge is -2.22. The number of aromatic nitrogens is 1. The lowest BCUT2D eigenvalue weighted by atomic mass is 9.90. The molecule has 46 heavy (non-hydrogen) atoms. The van der Waals surface area contributed by atoms with Gasteiger partial charge in [-0.05, 0) is 86.4 Å². The Kier molecular flexibility index (Phi) is 5.31. The SMILES string of the molecule is c1ccc(-n2c3cc(-c4ccc(-c5ccc6c7c(cccc57)-c5ccccc5O6)cc4)ccc3c3cc4ccccc4cc32)cc1. The minimum atomic E-state index is 0.913. The third-order valence-electron chi connectivity index (χ3n) is 9.58. The van der Waals surface area contributed by atoms with Gasteiger partial charge in [-0.25, -0.2) is 0 Å². The number of hydrogen-bond acceptors (Lipinski definition) is 1. The molecule has 0 spiro atoms. The summed E-state index contributed by atoms with van der Waals surface area (Å²) < 4.78 is 8.74. The van der Waals surface area contributed by atoms with Crippen molar-refractivity contribution in [2.45, 2.75) is 0 Å². The van der Waals surface area contributed by atoms with Gasteiger partial charge in [0.1, 0.15) is 11.5 Å². The van der Waals surface area contributed by atoms with Crippen molar-refractivity contribution in [3.05, 3.63) is 164 Å². The second-order valence-electron chi connectivity index (χ2n) is 12.1. The highest BCUT2D eigenvalue weighted by atomic mass is 16.5. The van der Waals surface area contributed by atoms with Gasteiger partial charge >= 0.3 is 0 Å². The Morgan fingerprint density at radius 1 is 0.370 bits per heavy atom. The van der Waals surface area contributed by atoms with Crippen LogP contribution in [0, 0.1) is 0 Å². The summed E-state index contributed by atoms with van der Waals surface area (Å²) in [5, 5.41) is 7.43. The zero-order valence-corrected chi connectivity index (χ0v) is 24.9. The van der Waals surface area contributed by atoms with Crippen molar-refractivity contribution in [1.29, 1.82) is 0 Å². The van der Waals surface area contributed by atoms with Crippen LogP contribution >= 0.6 is 0 Å². The Labute approximate surface area is 266 Å². The van der Waals surface area contributed by atoms with Gasteiger partial charge in [0.2, 0.25) is 0 Å². The Bertz CT molecular complexity index is 2650. The van der Waals surface area contributed by atoms with Crippen molar-refractivity contribution in [3.8, 4) is 50.6 Å². The van der Waals surface area contributed by atoms with Crippen molar-refractivity contribution in [1.82, 2.24) is 4.57 Å². The molecule has 0 bridgehead atoms. The van der Waals surface area contributed by atoms with E-state index in [1.807, 2.05) is 12.1 Å². The molecule has 0 atom stereocenters. The molecule has 8 aromatic carbocycles. The smallest absolute Gasteiger partial charge is 0.135 e. The van der Waals surface area contributed by atoms with Crippen LogP contribution < -0.4 is 4.74 Å². The molecule has 10 rings (SSSR count). The van der Waals surface area contributed by atoms with E-state index >= 15 is 0 Å². The van der Waals surface area contributed by atoms with Crippen LogP contribution in [0.3, 0.4) is 0 Å². The molecule has 9 aromatic rings. The molecule has 0 aliphatic carbocycles. The lowest BCUT2D eigenvalue weighted by molar-refractivity contribution is 0.487. The molecular weight excluding hydrogens is 558 g/mol. The fourth-order valence-electron chi connectivity index (χ4n) is 7.41. The van der Waals surface area contributed by atoms with E-state index in [2.05, 4.69) is 156 Å². The molecule has 0 saturated heterocycles. The maximum atomic E-state index is 6.34. The molecule has 0 fully saturated rings. The van der Waals surface area contributed by atoms with Crippen molar-refractivity contribution in [2.75, 3.05) is 0 Å². The summed E-state index contributed by atoms with van der Waals surface area (Å²) in [5.41, 5.74) is 10.8. The zero-order chi connectivity index (χ0) is 30.2. The quantitative estimate of drug-likeness (QED) is 0.201. The Balaban J connectivity index is 1.11. The molecule has 0 radical (unpaired) electrons. The zero-order valence-electron chi connectivity index (χ0n) is 24.9. The third kappa shape index (κ3) is 3.71. The average Bonchev–Trinajstić information content (AvgIpc) is 3.43. The van der Waals surface area contributed by atoms with Gasteiger partial charge in [-0.1, -0.05) is 121 Å². The van der Waals surface area contributed by atoms with Gasteiger partial charge in [0.25, 0.3) is 0 Å². The van der Waals surface area contributed by atoms with E-state index in [0.29, 0.717) is 0 Å². The van der Waals surface area contributed by atoms with Crippen molar-refractivity contribution < 1.29 is 4.74 Å². The van der Waals surface area contributed by atoms with E-state index in [9.17, 15) is 0 Å². The maximum absolute atomic E-state index is 6.34. The molecule has 2 heterocycles. The first-order valence-corrected chi connectivity index (χ1v) is 15.8. The summed E-state index contributed by atoms with van der Waals surface area (Å²) in [6.45, 7) is 0. The van der Waals surface area contributed by atoms with E-state index in [0.717, 1.165) is 17.1 Å². The molecule has 1 aromatic heterocycles. The molecule has 2 nitrogen and oxygen atoms in total. The van der Waals surface area contributed by atoms with Gasteiger partial charge in [0, 0.05) is 27.4 Å². The minimum absolute atomic E-state index is 0.913. The van der Waals surface area contributed by atoms with Crippen molar-refractivity contribution in [2.24, 2.45) is 0 Å². The molecule has 0 unspecified atom stereocenters. The Morgan fingerprint density at radius 2 is 1.07 bits per heavy atom. The topological polar surface area (TPSA) is 14.2 Å². The summed E-state index contributed by atoms with van der Waals surface area (Å²) in [6, 6.07) is 59.1. The predicted octanol–water partition coefficient (Wildman–Crippen LogP) is 12.2. The summed E-state index contributed by atoms with van der Waals surface area (Å²) in [6.07, 6.45) is 0. The van der Waals surface area contributed by atoms with Crippen LogP contribution in [0.25, 0.3) is 82.4 Å². The Morgan fingerprint density at radius 3 is 1.93 bits per heavy atom. The number of nitrogens with zero attached hydrogens (tertiary/aromatic N) is 1. The van der Waals surface area contributed by atoms with Crippen molar-refractivity contribution in [3.63, 3.8) is 0 Å². The van der Waals surface area contributed by atoms with Crippen LogP contribution in [0.5, 0.6) is 11.5 Å². The second kappa shape index (κ2) is 9.69.